The van der Waals surface area contributed by atoms with Crippen LogP contribution in [0, 0.1) is 0 Å². The molecule has 0 aliphatic carbocycles. The molecule has 1 unspecified atom stereocenters. The molecule has 0 aromatic carbocycles. The zero-order valence-corrected chi connectivity index (χ0v) is 8.67. The third-order valence-electron chi connectivity index (χ3n) is 1.20. The van der Waals surface area contributed by atoms with Gasteiger partial charge in [0, 0.05) is 6.92 Å². The molecule has 0 amide bonds. The molecule has 0 aliphatic heterocycles. The summed E-state index contributed by atoms with van der Waals surface area (Å²) >= 11 is 5.06. The number of ether oxygens (including phenoxy) is 2. The SMILES string of the molecule is CCOC(=O)C(CC(=O)Cl)OC(C)=O. The summed E-state index contributed by atoms with van der Waals surface area (Å²) in [7, 11) is 0. The van der Waals surface area contributed by atoms with Crippen LogP contribution in [0.3, 0.4) is 0 Å². The number of esters is 2. The molecule has 0 aliphatic rings. The Morgan fingerprint density at radius 1 is 1.36 bits per heavy atom. The predicted molar refractivity (Wildman–Crippen MR) is 47.7 cm³/mol. The van der Waals surface area contributed by atoms with Crippen molar-refractivity contribution in [2.75, 3.05) is 6.61 Å². The molecular formula is C8H11ClO5. The van der Waals surface area contributed by atoms with E-state index in [1.54, 1.807) is 6.92 Å². The molecule has 0 N–H and O–H groups in total. The minimum Gasteiger partial charge on any atom is -0.463 e. The molecule has 0 bridgehead atoms. The summed E-state index contributed by atoms with van der Waals surface area (Å²) in [5, 5.41) is -0.760. The van der Waals surface area contributed by atoms with Crippen LogP contribution in [0.1, 0.15) is 20.3 Å². The van der Waals surface area contributed by atoms with Crippen molar-refractivity contribution >= 4 is 28.8 Å². The molecular weight excluding hydrogens is 212 g/mol. The van der Waals surface area contributed by atoms with Crippen LogP contribution in [-0.2, 0) is 23.9 Å². The first-order chi connectivity index (χ1) is 6.47. The summed E-state index contributed by atoms with van der Waals surface area (Å²) in [6.45, 7) is 2.88. The Morgan fingerprint density at radius 3 is 2.29 bits per heavy atom. The molecule has 5 nitrogen and oxygen atoms in total. The minimum atomic E-state index is -1.24. The van der Waals surface area contributed by atoms with Crippen molar-refractivity contribution in [2.24, 2.45) is 0 Å². The van der Waals surface area contributed by atoms with Crippen LogP contribution < -0.4 is 0 Å². The third-order valence-corrected chi connectivity index (χ3v) is 1.36. The van der Waals surface area contributed by atoms with E-state index in [1.807, 2.05) is 0 Å². The second-order valence-corrected chi connectivity index (χ2v) is 2.83. The lowest BCUT2D eigenvalue weighted by Crippen LogP contribution is -2.29. The highest BCUT2D eigenvalue weighted by molar-refractivity contribution is 6.63. The zero-order valence-electron chi connectivity index (χ0n) is 7.91. The maximum Gasteiger partial charge on any atom is 0.347 e. The number of carbonyl (C=O) groups is 3. The summed E-state index contributed by atoms with van der Waals surface area (Å²) in [4.78, 5) is 32.2. The number of halogens is 1. The summed E-state index contributed by atoms with van der Waals surface area (Å²) < 4.78 is 9.14. The van der Waals surface area contributed by atoms with E-state index >= 15 is 0 Å². The third kappa shape index (κ3) is 5.53. The van der Waals surface area contributed by atoms with Crippen LogP contribution in [-0.4, -0.2) is 29.9 Å². The molecule has 6 heteroatoms. The van der Waals surface area contributed by atoms with Gasteiger partial charge in [0.15, 0.2) is 0 Å². The van der Waals surface area contributed by atoms with Gasteiger partial charge in [0.05, 0.1) is 13.0 Å². The maximum atomic E-state index is 11.1. The Bertz CT molecular complexity index is 222. The van der Waals surface area contributed by atoms with Crippen LogP contribution in [0.4, 0.5) is 0 Å². The van der Waals surface area contributed by atoms with Crippen LogP contribution in [0.2, 0.25) is 0 Å². The lowest BCUT2D eigenvalue weighted by Gasteiger charge is -2.12. The van der Waals surface area contributed by atoms with Crippen molar-refractivity contribution in [1.29, 1.82) is 0 Å². The fourth-order valence-electron chi connectivity index (χ4n) is 0.754. The Labute approximate surface area is 86.3 Å². The second kappa shape index (κ2) is 6.37. The van der Waals surface area contributed by atoms with Crippen molar-refractivity contribution in [3.63, 3.8) is 0 Å². The van der Waals surface area contributed by atoms with E-state index in [4.69, 9.17) is 11.6 Å². The van der Waals surface area contributed by atoms with Gasteiger partial charge in [-0.05, 0) is 18.5 Å². The van der Waals surface area contributed by atoms with Gasteiger partial charge in [-0.15, -0.1) is 0 Å². The van der Waals surface area contributed by atoms with Crippen molar-refractivity contribution < 1.29 is 23.9 Å². The number of hydrogen-bond donors (Lipinski definition) is 0. The average Bonchev–Trinajstić information content (AvgIpc) is 2.01. The van der Waals surface area contributed by atoms with Crippen molar-refractivity contribution in [3.8, 4) is 0 Å². The first-order valence-electron chi connectivity index (χ1n) is 3.99. The van der Waals surface area contributed by atoms with E-state index < -0.39 is 23.3 Å². The monoisotopic (exact) mass is 222 g/mol. The van der Waals surface area contributed by atoms with Crippen LogP contribution >= 0.6 is 11.6 Å². The van der Waals surface area contributed by atoms with E-state index in [0.29, 0.717) is 0 Å². The molecule has 0 heterocycles. The van der Waals surface area contributed by atoms with Crippen molar-refractivity contribution in [2.45, 2.75) is 26.4 Å². The number of carbonyl (C=O) groups excluding carboxylic acids is 3. The second-order valence-electron chi connectivity index (χ2n) is 2.41. The molecule has 0 fully saturated rings. The Kier molecular flexibility index (Phi) is 5.87. The minimum absolute atomic E-state index is 0.146. The van der Waals surface area contributed by atoms with E-state index in [9.17, 15) is 14.4 Å². The first kappa shape index (κ1) is 12.9. The van der Waals surface area contributed by atoms with Gasteiger partial charge in [0.25, 0.3) is 0 Å². The number of rotatable bonds is 5. The van der Waals surface area contributed by atoms with Crippen LogP contribution in [0.5, 0.6) is 0 Å². The maximum absolute atomic E-state index is 11.1. The molecule has 14 heavy (non-hydrogen) atoms. The average molecular weight is 223 g/mol. The Balaban J connectivity index is 4.29. The molecule has 0 saturated carbocycles. The molecule has 0 aromatic rings. The highest BCUT2D eigenvalue weighted by Crippen LogP contribution is 2.05. The van der Waals surface area contributed by atoms with E-state index in [1.165, 1.54) is 0 Å². The van der Waals surface area contributed by atoms with E-state index in [-0.39, 0.29) is 13.0 Å². The lowest BCUT2D eigenvalue weighted by atomic mass is 10.3. The van der Waals surface area contributed by atoms with Crippen molar-refractivity contribution in [1.82, 2.24) is 0 Å². The van der Waals surface area contributed by atoms with Crippen LogP contribution in [0.15, 0.2) is 0 Å². The molecule has 80 valence electrons. The molecule has 0 radical (unpaired) electrons. The molecule has 1 atom stereocenters. The largest absolute Gasteiger partial charge is 0.463 e. The van der Waals surface area contributed by atoms with Gasteiger partial charge in [-0.3, -0.25) is 9.59 Å². The Hall–Kier alpha value is -1.10. The van der Waals surface area contributed by atoms with Gasteiger partial charge in [-0.25, -0.2) is 4.79 Å². The van der Waals surface area contributed by atoms with Crippen LogP contribution in [0.25, 0.3) is 0 Å². The first-order valence-corrected chi connectivity index (χ1v) is 4.37. The van der Waals surface area contributed by atoms with E-state index in [0.717, 1.165) is 6.92 Å². The molecule has 0 spiro atoms. The highest BCUT2D eigenvalue weighted by Gasteiger charge is 2.25. The summed E-state index contributed by atoms with van der Waals surface area (Å²) in [5.74, 6) is -1.43. The smallest absolute Gasteiger partial charge is 0.347 e. The van der Waals surface area contributed by atoms with Gasteiger partial charge >= 0.3 is 11.9 Å². The quantitative estimate of drug-likeness (QED) is 0.504. The summed E-state index contributed by atoms with van der Waals surface area (Å²) in [6, 6.07) is 0. The standard InChI is InChI=1S/C8H11ClO5/c1-3-13-8(12)6(4-7(9)11)14-5(2)10/h6H,3-4H2,1-2H3. The van der Waals surface area contributed by atoms with E-state index in [2.05, 4.69) is 9.47 Å². The topological polar surface area (TPSA) is 69.7 Å². The lowest BCUT2D eigenvalue weighted by molar-refractivity contribution is -0.167. The molecule has 0 aromatic heterocycles. The molecule has 0 saturated heterocycles. The summed E-state index contributed by atoms with van der Waals surface area (Å²) in [6.07, 6.45) is -1.61. The predicted octanol–water partition coefficient (Wildman–Crippen LogP) is 0.637. The number of hydrogen-bond acceptors (Lipinski definition) is 5. The van der Waals surface area contributed by atoms with Gasteiger partial charge in [-0.1, -0.05) is 0 Å². The van der Waals surface area contributed by atoms with Gasteiger partial charge in [0.2, 0.25) is 11.3 Å². The van der Waals surface area contributed by atoms with Gasteiger partial charge in [0.1, 0.15) is 0 Å². The normalized spacial score (nSPS) is 11.6. The van der Waals surface area contributed by atoms with Gasteiger partial charge < -0.3 is 9.47 Å². The van der Waals surface area contributed by atoms with Gasteiger partial charge in [-0.2, -0.15) is 0 Å². The Morgan fingerprint density at radius 2 is 1.93 bits per heavy atom. The summed E-state index contributed by atoms with van der Waals surface area (Å²) in [5.41, 5.74) is 0. The van der Waals surface area contributed by atoms with Crippen molar-refractivity contribution in [3.05, 3.63) is 0 Å². The fraction of sp³-hybridized carbons (Fsp3) is 0.625. The highest BCUT2D eigenvalue weighted by atomic mass is 35.5. The molecule has 0 rings (SSSR count). The zero-order chi connectivity index (χ0) is 11.1. The fourth-order valence-corrected chi connectivity index (χ4v) is 0.895.